The Labute approximate surface area is 167 Å². The monoisotopic (exact) mass is 445 g/mol. The summed E-state index contributed by atoms with van der Waals surface area (Å²) < 4.78 is 2.02. The lowest BCUT2D eigenvalue weighted by atomic mass is 10.2. The molecule has 0 fully saturated rings. The second-order valence-corrected chi connectivity index (χ2v) is 6.84. The number of carbonyl (C=O) groups excluding carboxylic acids is 1. The van der Waals surface area contributed by atoms with Crippen molar-refractivity contribution < 1.29 is 9.72 Å². The maximum atomic E-state index is 12.5. The SMILES string of the molecule is O=C(Cn1cnc2ccc(Br)cc2c1=O)NCCNc1ccc([N+](=O)[O-])cc1. The quantitative estimate of drug-likeness (QED) is 0.327. The zero-order chi connectivity index (χ0) is 20.1. The van der Waals surface area contributed by atoms with Crippen LogP contribution in [0, 0.1) is 10.1 Å². The normalized spacial score (nSPS) is 10.6. The average Bonchev–Trinajstić information content (AvgIpc) is 2.68. The first-order valence-corrected chi connectivity index (χ1v) is 9.13. The van der Waals surface area contributed by atoms with E-state index in [1.165, 1.54) is 23.0 Å². The Hall–Kier alpha value is -3.27. The highest BCUT2D eigenvalue weighted by Gasteiger charge is 2.08. The number of halogens is 1. The van der Waals surface area contributed by atoms with Gasteiger partial charge in [-0.05, 0) is 30.3 Å². The topological polar surface area (TPSA) is 119 Å². The second kappa shape index (κ2) is 8.61. The molecule has 3 aromatic rings. The van der Waals surface area contributed by atoms with E-state index in [2.05, 4.69) is 31.5 Å². The van der Waals surface area contributed by atoms with Crippen LogP contribution in [0.5, 0.6) is 0 Å². The van der Waals surface area contributed by atoms with Crippen LogP contribution in [-0.4, -0.2) is 33.5 Å². The fourth-order valence-electron chi connectivity index (χ4n) is 2.56. The van der Waals surface area contributed by atoms with Crippen molar-refractivity contribution in [3.05, 3.63) is 73.7 Å². The maximum Gasteiger partial charge on any atom is 0.269 e. The van der Waals surface area contributed by atoms with Gasteiger partial charge in [-0.2, -0.15) is 0 Å². The van der Waals surface area contributed by atoms with E-state index in [4.69, 9.17) is 0 Å². The van der Waals surface area contributed by atoms with Gasteiger partial charge >= 0.3 is 0 Å². The molecule has 1 heterocycles. The number of benzene rings is 2. The molecule has 144 valence electrons. The second-order valence-electron chi connectivity index (χ2n) is 5.92. The molecule has 2 aromatic carbocycles. The van der Waals surface area contributed by atoms with Gasteiger partial charge in [-0.1, -0.05) is 15.9 Å². The molecule has 1 amide bonds. The first-order valence-electron chi connectivity index (χ1n) is 8.34. The van der Waals surface area contributed by atoms with Crippen molar-refractivity contribution in [3.8, 4) is 0 Å². The molecular weight excluding hydrogens is 430 g/mol. The van der Waals surface area contributed by atoms with Crippen LogP contribution in [0.4, 0.5) is 11.4 Å². The summed E-state index contributed by atoms with van der Waals surface area (Å²) in [6.45, 7) is 0.629. The van der Waals surface area contributed by atoms with Gasteiger partial charge in [0.2, 0.25) is 5.91 Å². The van der Waals surface area contributed by atoms with Crippen molar-refractivity contribution >= 4 is 44.1 Å². The van der Waals surface area contributed by atoms with Crippen molar-refractivity contribution in [2.45, 2.75) is 6.54 Å². The van der Waals surface area contributed by atoms with E-state index in [1.54, 1.807) is 30.3 Å². The highest BCUT2D eigenvalue weighted by Crippen LogP contribution is 2.15. The van der Waals surface area contributed by atoms with E-state index in [1.807, 2.05) is 0 Å². The van der Waals surface area contributed by atoms with Crippen LogP contribution in [0.15, 0.2) is 58.1 Å². The number of nitrogens with one attached hydrogen (secondary N) is 2. The highest BCUT2D eigenvalue weighted by atomic mass is 79.9. The zero-order valence-corrected chi connectivity index (χ0v) is 16.2. The minimum absolute atomic E-state index is 0.0142. The summed E-state index contributed by atoms with van der Waals surface area (Å²) in [6.07, 6.45) is 1.35. The van der Waals surface area contributed by atoms with Gasteiger partial charge in [0.05, 0.1) is 22.2 Å². The molecule has 0 saturated heterocycles. The van der Waals surface area contributed by atoms with Crippen LogP contribution >= 0.6 is 15.9 Å². The van der Waals surface area contributed by atoms with E-state index >= 15 is 0 Å². The number of nitro benzene ring substituents is 1. The largest absolute Gasteiger partial charge is 0.383 e. The zero-order valence-electron chi connectivity index (χ0n) is 14.6. The molecule has 1 aromatic heterocycles. The Balaban J connectivity index is 1.52. The number of hydrogen-bond acceptors (Lipinski definition) is 6. The van der Waals surface area contributed by atoms with Gasteiger partial charge in [-0.3, -0.25) is 24.3 Å². The number of nitrogens with zero attached hydrogens (tertiary/aromatic N) is 3. The van der Waals surface area contributed by atoms with Crippen molar-refractivity contribution in [1.29, 1.82) is 0 Å². The smallest absolute Gasteiger partial charge is 0.269 e. The lowest BCUT2D eigenvalue weighted by molar-refractivity contribution is -0.384. The molecule has 0 saturated carbocycles. The van der Waals surface area contributed by atoms with E-state index in [-0.39, 0.29) is 23.7 Å². The number of rotatable bonds is 7. The van der Waals surface area contributed by atoms with Gasteiger partial charge in [0.25, 0.3) is 11.2 Å². The standard InChI is InChI=1S/C18H16BrN5O4/c19-12-1-6-16-15(9-12)18(26)23(11-22-16)10-17(25)21-8-7-20-13-2-4-14(5-3-13)24(27)28/h1-6,9,11,20H,7-8,10H2,(H,21,25). The summed E-state index contributed by atoms with van der Waals surface area (Å²) in [5, 5.41) is 16.8. The third-order valence-electron chi connectivity index (χ3n) is 3.95. The van der Waals surface area contributed by atoms with Crippen LogP contribution < -0.4 is 16.2 Å². The molecule has 0 atom stereocenters. The molecule has 0 radical (unpaired) electrons. The first-order chi connectivity index (χ1) is 13.4. The molecule has 9 nitrogen and oxygen atoms in total. The van der Waals surface area contributed by atoms with E-state index in [9.17, 15) is 19.7 Å². The molecule has 0 aliphatic heterocycles. The Kier molecular flexibility index (Phi) is 5.99. The lowest BCUT2D eigenvalue weighted by Crippen LogP contribution is -2.34. The predicted molar refractivity (Wildman–Crippen MR) is 108 cm³/mol. The Morgan fingerprint density at radius 2 is 1.93 bits per heavy atom. The number of amides is 1. The highest BCUT2D eigenvalue weighted by molar-refractivity contribution is 9.10. The van der Waals surface area contributed by atoms with Gasteiger partial charge in [0.15, 0.2) is 0 Å². The first kappa shape index (κ1) is 19.5. The summed E-state index contributed by atoms with van der Waals surface area (Å²) >= 11 is 3.32. The minimum atomic E-state index is -0.466. The maximum absolute atomic E-state index is 12.5. The number of hydrogen-bond donors (Lipinski definition) is 2. The molecule has 28 heavy (non-hydrogen) atoms. The van der Waals surface area contributed by atoms with Gasteiger partial charge in [-0.15, -0.1) is 0 Å². The van der Waals surface area contributed by atoms with Crippen molar-refractivity contribution in [3.63, 3.8) is 0 Å². The summed E-state index contributed by atoms with van der Waals surface area (Å²) in [6, 6.07) is 11.2. The number of anilines is 1. The van der Waals surface area contributed by atoms with Crippen molar-refractivity contribution in [1.82, 2.24) is 14.9 Å². The molecule has 0 aliphatic carbocycles. The van der Waals surface area contributed by atoms with Crippen LogP contribution in [-0.2, 0) is 11.3 Å². The molecule has 2 N–H and O–H groups in total. The fraction of sp³-hybridized carbons (Fsp3) is 0.167. The van der Waals surface area contributed by atoms with Gasteiger partial charge in [-0.25, -0.2) is 4.98 Å². The molecular formula is C18H16BrN5O4. The summed E-state index contributed by atoms with van der Waals surface area (Å²) in [7, 11) is 0. The van der Waals surface area contributed by atoms with Crippen LogP contribution in [0.1, 0.15) is 0 Å². The van der Waals surface area contributed by atoms with E-state index < -0.39 is 4.92 Å². The van der Waals surface area contributed by atoms with E-state index in [0.29, 0.717) is 29.7 Å². The Morgan fingerprint density at radius 3 is 2.64 bits per heavy atom. The van der Waals surface area contributed by atoms with Gasteiger partial charge in [0, 0.05) is 35.4 Å². The molecule has 0 aliphatic rings. The Morgan fingerprint density at radius 1 is 1.18 bits per heavy atom. The lowest BCUT2D eigenvalue weighted by Gasteiger charge is -2.09. The Bertz CT molecular complexity index is 1080. The molecule has 0 spiro atoms. The van der Waals surface area contributed by atoms with Crippen LogP contribution in [0.2, 0.25) is 0 Å². The van der Waals surface area contributed by atoms with E-state index in [0.717, 1.165) is 4.47 Å². The minimum Gasteiger partial charge on any atom is -0.383 e. The summed E-state index contributed by atoms with van der Waals surface area (Å²) in [4.78, 5) is 38.9. The predicted octanol–water partition coefficient (Wildman–Crippen LogP) is 2.30. The van der Waals surface area contributed by atoms with Crippen LogP contribution in [0.3, 0.4) is 0 Å². The molecule has 0 unspecified atom stereocenters. The number of carbonyl (C=O) groups is 1. The fourth-order valence-corrected chi connectivity index (χ4v) is 2.93. The number of non-ortho nitro benzene ring substituents is 1. The van der Waals surface area contributed by atoms with Gasteiger partial charge in [0.1, 0.15) is 6.54 Å². The van der Waals surface area contributed by atoms with Crippen molar-refractivity contribution in [2.75, 3.05) is 18.4 Å². The molecule has 3 rings (SSSR count). The van der Waals surface area contributed by atoms with Crippen LogP contribution in [0.25, 0.3) is 10.9 Å². The third-order valence-corrected chi connectivity index (χ3v) is 4.45. The molecule has 10 heteroatoms. The van der Waals surface area contributed by atoms with Gasteiger partial charge < -0.3 is 10.6 Å². The van der Waals surface area contributed by atoms with Crippen molar-refractivity contribution in [2.24, 2.45) is 0 Å². The number of fused-ring (bicyclic) bond motifs is 1. The number of aromatic nitrogens is 2. The summed E-state index contributed by atoms with van der Waals surface area (Å²) in [5.41, 5.74) is 1.00. The summed E-state index contributed by atoms with van der Waals surface area (Å²) in [5.74, 6) is -0.316. The average molecular weight is 446 g/mol. The number of nitro groups is 1. The molecule has 0 bridgehead atoms. The third kappa shape index (κ3) is 4.71.